The second-order valence-electron chi connectivity index (χ2n) is 7.30. The summed E-state index contributed by atoms with van der Waals surface area (Å²) < 4.78 is 34.2. The first kappa shape index (κ1) is 22.5. The molecular formula is C23H20Cl2N2O4S. The molecule has 3 aromatic carbocycles. The molecule has 1 aliphatic rings. The molecule has 166 valence electrons. The van der Waals surface area contributed by atoms with E-state index in [1.807, 2.05) is 0 Å². The van der Waals surface area contributed by atoms with Crippen molar-refractivity contribution in [3.05, 3.63) is 82.3 Å². The number of amides is 1. The lowest BCUT2D eigenvalue weighted by Gasteiger charge is -2.19. The first-order valence-corrected chi connectivity index (χ1v) is 12.2. The molecule has 1 saturated heterocycles. The van der Waals surface area contributed by atoms with Crippen molar-refractivity contribution in [3.63, 3.8) is 0 Å². The van der Waals surface area contributed by atoms with Gasteiger partial charge in [-0.2, -0.15) is 0 Å². The van der Waals surface area contributed by atoms with Gasteiger partial charge < -0.3 is 9.64 Å². The van der Waals surface area contributed by atoms with Gasteiger partial charge in [0.15, 0.2) is 0 Å². The van der Waals surface area contributed by atoms with Gasteiger partial charge in [0.1, 0.15) is 11.5 Å². The zero-order valence-corrected chi connectivity index (χ0v) is 19.3. The molecule has 1 heterocycles. The van der Waals surface area contributed by atoms with Crippen molar-refractivity contribution >= 4 is 44.8 Å². The number of nitrogens with zero attached hydrogens (tertiary/aromatic N) is 1. The first-order chi connectivity index (χ1) is 15.3. The third-order valence-corrected chi connectivity index (χ3v) is 6.98. The molecule has 3 aromatic rings. The van der Waals surface area contributed by atoms with Crippen LogP contribution in [-0.4, -0.2) is 32.3 Å². The molecule has 0 aliphatic carbocycles. The molecule has 0 bridgehead atoms. The lowest BCUT2D eigenvalue weighted by Crippen LogP contribution is -2.29. The highest BCUT2D eigenvalue weighted by molar-refractivity contribution is 7.92. The number of nitrogens with one attached hydrogen (secondary N) is 1. The van der Waals surface area contributed by atoms with E-state index in [9.17, 15) is 13.2 Å². The van der Waals surface area contributed by atoms with E-state index >= 15 is 0 Å². The molecule has 1 fully saturated rings. The Morgan fingerprint density at radius 1 is 0.938 bits per heavy atom. The summed E-state index contributed by atoms with van der Waals surface area (Å²) in [5.41, 5.74) is 0.407. The first-order valence-electron chi connectivity index (χ1n) is 9.97. The number of likely N-dealkylation sites (tertiary alicyclic amines) is 1. The summed E-state index contributed by atoms with van der Waals surface area (Å²) in [6.07, 6.45) is 1.85. The van der Waals surface area contributed by atoms with Crippen molar-refractivity contribution in [2.75, 3.05) is 17.8 Å². The van der Waals surface area contributed by atoms with E-state index in [2.05, 4.69) is 4.72 Å². The maximum absolute atomic E-state index is 13.0. The van der Waals surface area contributed by atoms with Crippen LogP contribution in [0.1, 0.15) is 23.2 Å². The van der Waals surface area contributed by atoms with Crippen LogP contribution in [0.5, 0.6) is 11.5 Å². The van der Waals surface area contributed by atoms with Gasteiger partial charge in [0.2, 0.25) is 0 Å². The molecule has 32 heavy (non-hydrogen) atoms. The predicted molar refractivity (Wildman–Crippen MR) is 125 cm³/mol. The SMILES string of the molecule is O=C(c1cc(Cl)ccc1NS(=O)(=O)c1ccc(Oc2ccccc2Cl)cc1)N1CCCC1. The van der Waals surface area contributed by atoms with E-state index in [0.29, 0.717) is 34.6 Å². The van der Waals surface area contributed by atoms with Gasteiger partial charge >= 0.3 is 0 Å². The van der Waals surface area contributed by atoms with E-state index in [-0.39, 0.29) is 22.1 Å². The number of halogens is 2. The predicted octanol–water partition coefficient (Wildman–Crippen LogP) is 5.82. The van der Waals surface area contributed by atoms with Gasteiger partial charge in [0.25, 0.3) is 15.9 Å². The van der Waals surface area contributed by atoms with E-state index in [1.54, 1.807) is 35.2 Å². The number of anilines is 1. The largest absolute Gasteiger partial charge is 0.456 e. The molecule has 0 radical (unpaired) electrons. The van der Waals surface area contributed by atoms with Crippen molar-refractivity contribution in [2.45, 2.75) is 17.7 Å². The van der Waals surface area contributed by atoms with Crippen LogP contribution in [0.15, 0.2) is 71.6 Å². The monoisotopic (exact) mass is 490 g/mol. The van der Waals surface area contributed by atoms with Crippen LogP contribution in [0.25, 0.3) is 0 Å². The van der Waals surface area contributed by atoms with Crippen LogP contribution in [0, 0.1) is 0 Å². The molecule has 0 aromatic heterocycles. The van der Waals surface area contributed by atoms with Gasteiger partial charge in [-0.05, 0) is 67.4 Å². The lowest BCUT2D eigenvalue weighted by atomic mass is 10.1. The molecule has 0 unspecified atom stereocenters. The van der Waals surface area contributed by atoms with Crippen molar-refractivity contribution in [1.29, 1.82) is 0 Å². The van der Waals surface area contributed by atoms with Crippen LogP contribution in [0.4, 0.5) is 5.69 Å². The van der Waals surface area contributed by atoms with E-state index in [0.717, 1.165) is 12.8 Å². The molecule has 1 N–H and O–H groups in total. The molecule has 0 saturated carbocycles. The van der Waals surface area contributed by atoms with Gasteiger partial charge in [0, 0.05) is 18.1 Å². The average molecular weight is 491 g/mol. The highest BCUT2D eigenvalue weighted by Crippen LogP contribution is 2.30. The van der Waals surface area contributed by atoms with Gasteiger partial charge in [-0.3, -0.25) is 9.52 Å². The van der Waals surface area contributed by atoms with Crippen molar-refractivity contribution in [1.82, 2.24) is 4.90 Å². The summed E-state index contributed by atoms with van der Waals surface area (Å²) in [7, 11) is -3.95. The number of carbonyl (C=O) groups excluding carboxylic acids is 1. The Morgan fingerprint density at radius 3 is 2.31 bits per heavy atom. The summed E-state index contributed by atoms with van der Waals surface area (Å²) >= 11 is 12.2. The minimum Gasteiger partial charge on any atom is -0.456 e. The fraction of sp³-hybridized carbons (Fsp3) is 0.174. The van der Waals surface area contributed by atoms with Crippen LogP contribution >= 0.6 is 23.2 Å². The second-order valence-corrected chi connectivity index (χ2v) is 9.82. The van der Waals surface area contributed by atoms with Gasteiger partial charge in [0.05, 0.1) is 21.2 Å². The van der Waals surface area contributed by atoms with Gasteiger partial charge in [-0.15, -0.1) is 0 Å². The number of hydrogen-bond acceptors (Lipinski definition) is 4. The zero-order chi connectivity index (χ0) is 22.7. The van der Waals surface area contributed by atoms with Crippen LogP contribution in [0.3, 0.4) is 0 Å². The number of sulfonamides is 1. The standard InChI is InChI=1S/C23H20Cl2N2O4S/c24-16-7-12-21(19(15-16)23(28)27-13-3-4-14-27)26-32(29,30)18-10-8-17(9-11-18)31-22-6-2-1-5-20(22)25/h1-2,5-12,15,26H,3-4,13-14H2. The zero-order valence-electron chi connectivity index (χ0n) is 16.9. The number of benzene rings is 3. The second kappa shape index (κ2) is 9.40. The number of rotatable bonds is 6. The summed E-state index contributed by atoms with van der Waals surface area (Å²) in [6.45, 7) is 1.29. The maximum atomic E-state index is 13.0. The molecule has 6 nitrogen and oxygen atoms in total. The summed E-state index contributed by atoms with van der Waals surface area (Å²) in [6, 6.07) is 17.4. The quantitative estimate of drug-likeness (QED) is 0.471. The van der Waals surface area contributed by atoms with Crippen LogP contribution in [-0.2, 0) is 10.0 Å². The van der Waals surface area contributed by atoms with Crippen molar-refractivity contribution < 1.29 is 17.9 Å². The molecule has 4 rings (SSSR count). The summed E-state index contributed by atoms with van der Waals surface area (Å²) in [4.78, 5) is 14.6. The Bertz CT molecular complexity index is 1240. The van der Waals surface area contributed by atoms with Gasteiger partial charge in [-0.1, -0.05) is 35.3 Å². The Hall–Kier alpha value is -2.74. The maximum Gasteiger partial charge on any atom is 0.261 e. The highest BCUT2D eigenvalue weighted by atomic mass is 35.5. The van der Waals surface area contributed by atoms with Gasteiger partial charge in [-0.25, -0.2) is 8.42 Å². The highest BCUT2D eigenvalue weighted by Gasteiger charge is 2.24. The molecule has 1 amide bonds. The minimum atomic E-state index is -3.95. The number of para-hydroxylation sites is 1. The molecular weight excluding hydrogens is 471 g/mol. The van der Waals surface area contributed by atoms with Crippen molar-refractivity contribution in [2.24, 2.45) is 0 Å². The topological polar surface area (TPSA) is 75.7 Å². The number of hydrogen-bond donors (Lipinski definition) is 1. The van der Waals surface area contributed by atoms with Crippen LogP contribution in [0.2, 0.25) is 10.0 Å². The fourth-order valence-corrected chi connectivity index (χ4v) is 4.84. The normalized spacial score (nSPS) is 13.8. The summed E-state index contributed by atoms with van der Waals surface area (Å²) in [5, 5.41) is 0.806. The van der Waals surface area contributed by atoms with E-state index in [4.69, 9.17) is 27.9 Å². The average Bonchev–Trinajstić information content (AvgIpc) is 3.31. The molecule has 0 spiro atoms. The third-order valence-electron chi connectivity index (χ3n) is 5.05. The van der Waals surface area contributed by atoms with E-state index in [1.165, 1.54) is 36.4 Å². The third kappa shape index (κ3) is 5.01. The number of carbonyl (C=O) groups is 1. The number of ether oxygens (including phenoxy) is 1. The lowest BCUT2D eigenvalue weighted by molar-refractivity contribution is 0.0794. The van der Waals surface area contributed by atoms with Crippen molar-refractivity contribution in [3.8, 4) is 11.5 Å². The fourth-order valence-electron chi connectivity index (χ4n) is 3.42. The molecule has 0 atom stereocenters. The Kier molecular flexibility index (Phi) is 6.60. The Balaban J connectivity index is 1.56. The molecule has 1 aliphatic heterocycles. The van der Waals surface area contributed by atoms with E-state index < -0.39 is 10.0 Å². The summed E-state index contributed by atoms with van der Waals surface area (Å²) in [5.74, 6) is 0.661. The Morgan fingerprint density at radius 2 is 1.62 bits per heavy atom. The van der Waals surface area contributed by atoms with Crippen LogP contribution < -0.4 is 9.46 Å². The minimum absolute atomic E-state index is 0.0264. The smallest absolute Gasteiger partial charge is 0.261 e. The molecule has 9 heteroatoms. The Labute approximate surface area is 196 Å².